The standard InChI is InChI=1S/C13H17N3O2S2/c1-13(4-5-20(17,18)8-13)15-7-9-2-3-10-11(6-9)19-12(14)16-10/h2-3,6,15H,4-5,7-8H2,1H3,(H2,14,16). The largest absolute Gasteiger partial charge is 0.375 e. The van der Waals surface area contributed by atoms with Crippen LogP contribution in [-0.4, -0.2) is 30.4 Å². The number of benzene rings is 1. The monoisotopic (exact) mass is 311 g/mol. The van der Waals surface area contributed by atoms with Crippen molar-refractivity contribution in [3.8, 4) is 0 Å². The summed E-state index contributed by atoms with van der Waals surface area (Å²) in [5, 5.41) is 3.94. The molecule has 2 aromatic rings. The fourth-order valence-electron chi connectivity index (χ4n) is 2.56. The molecule has 1 aliphatic rings. The SMILES string of the molecule is CC1(NCc2ccc3nc(N)sc3c2)CCS(=O)(=O)C1. The molecule has 0 spiro atoms. The van der Waals surface area contributed by atoms with E-state index in [2.05, 4.69) is 16.4 Å². The summed E-state index contributed by atoms with van der Waals surface area (Å²) in [7, 11) is -2.88. The Kier molecular flexibility index (Phi) is 3.23. The van der Waals surface area contributed by atoms with E-state index >= 15 is 0 Å². The molecule has 1 aromatic heterocycles. The Morgan fingerprint density at radius 3 is 3.00 bits per heavy atom. The number of hydrogen-bond donors (Lipinski definition) is 2. The maximum absolute atomic E-state index is 11.6. The zero-order chi connectivity index (χ0) is 14.4. The normalized spacial score (nSPS) is 25.2. The smallest absolute Gasteiger partial charge is 0.181 e. The number of nitrogens with two attached hydrogens (primary N) is 1. The van der Waals surface area contributed by atoms with Crippen LogP contribution in [0.25, 0.3) is 10.2 Å². The maximum Gasteiger partial charge on any atom is 0.181 e. The highest BCUT2D eigenvalue weighted by Gasteiger charge is 2.37. The van der Waals surface area contributed by atoms with E-state index < -0.39 is 9.84 Å². The number of hydrogen-bond acceptors (Lipinski definition) is 6. The van der Waals surface area contributed by atoms with Crippen molar-refractivity contribution < 1.29 is 8.42 Å². The fourth-order valence-corrected chi connectivity index (χ4v) is 5.48. The Morgan fingerprint density at radius 1 is 1.50 bits per heavy atom. The quantitative estimate of drug-likeness (QED) is 0.898. The second kappa shape index (κ2) is 4.68. The number of rotatable bonds is 3. The number of thiazole rings is 1. The van der Waals surface area contributed by atoms with E-state index in [0.717, 1.165) is 15.8 Å². The Bertz CT molecular complexity index is 754. The van der Waals surface area contributed by atoms with Crippen molar-refractivity contribution in [2.75, 3.05) is 17.2 Å². The summed E-state index contributed by atoms with van der Waals surface area (Å²) in [5.74, 6) is 0.497. The molecular formula is C13H17N3O2S2. The van der Waals surface area contributed by atoms with E-state index in [1.165, 1.54) is 11.3 Å². The summed E-state index contributed by atoms with van der Waals surface area (Å²) in [6, 6.07) is 6.01. The van der Waals surface area contributed by atoms with Gasteiger partial charge in [-0.2, -0.15) is 0 Å². The molecule has 0 amide bonds. The molecule has 2 heterocycles. The topological polar surface area (TPSA) is 85.1 Å². The third-order valence-corrected chi connectivity index (χ3v) is 6.44. The highest BCUT2D eigenvalue weighted by Crippen LogP contribution is 2.26. The minimum atomic E-state index is -2.88. The summed E-state index contributed by atoms with van der Waals surface area (Å²) in [6.45, 7) is 2.63. The number of sulfone groups is 1. The third kappa shape index (κ3) is 2.79. The van der Waals surface area contributed by atoms with Gasteiger partial charge in [-0.1, -0.05) is 17.4 Å². The molecule has 0 radical (unpaired) electrons. The minimum Gasteiger partial charge on any atom is -0.375 e. The van der Waals surface area contributed by atoms with E-state index in [1.807, 2.05) is 19.1 Å². The van der Waals surface area contributed by atoms with Crippen LogP contribution in [0.1, 0.15) is 18.9 Å². The highest BCUT2D eigenvalue weighted by atomic mass is 32.2. The van der Waals surface area contributed by atoms with Gasteiger partial charge >= 0.3 is 0 Å². The average molecular weight is 311 g/mol. The lowest BCUT2D eigenvalue weighted by Crippen LogP contribution is -2.42. The Balaban J connectivity index is 1.74. The van der Waals surface area contributed by atoms with E-state index in [4.69, 9.17) is 5.73 Å². The van der Waals surface area contributed by atoms with Crippen molar-refractivity contribution in [1.29, 1.82) is 0 Å². The maximum atomic E-state index is 11.6. The minimum absolute atomic E-state index is 0.218. The van der Waals surface area contributed by atoms with Crippen LogP contribution < -0.4 is 11.1 Å². The van der Waals surface area contributed by atoms with Gasteiger partial charge in [0.1, 0.15) is 0 Å². The molecule has 1 fully saturated rings. The molecule has 0 saturated carbocycles. The summed E-state index contributed by atoms with van der Waals surface area (Å²) in [6.07, 6.45) is 0.672. The summed E-state index contributed by atoms with van der Waals surface area (Å²) in [4.78, 5) is 4.22. The second-order valence-electron chi connectivity index (χ2n) is 5.61. The van der Waals surface area contributed by atoms with Crippen LogP contribution in [0.5, 0.6) is 0 Å². The number of anilines is 1. The van der Waals surface area contributed by atoms with E-state index in [-0.39, 0.29) is 17.0 Å². The summed E-state index contributed by atoms with van der Waals surface area (Å²) in [5.41, 5.74) is 7.40. The molecule has 20 heavy (non-hydrogen) atoms. The Morgan fingerprint density at radius 2 is 2.30 bits per heavy atom. The van der Waals surface area contributed by atoms with Gasteiger partial charge in [0, 0.05) is 12.1 Å². The first kappa shape index (κ1) is 13.8. The number of nitrogens with one attached hydrogen (secondary N) is 1. The third-order valence-electron chi connectivity index (χ3n) is 3.69. The molecule has 3 rings (SSSR count). The van der Waals surface area contributed by atoms with E-state index in [1.54, 1.807) is 0 Å². The van der Waals surface area contributed by atoms with E-state index in [0.29, 0.717) is 18.1 Å². The fraction of sp³-hybridized carbons (Fsp3) is 0.462. The van der Waals surface area contributed by atoms with Crippen molar-refractivity contribution >= 4 is 36.5 Å². The molecule has 1 aliphatic heterocycles. The average Bonchev–Trinajstić information content (AvgIpc) is 2.85. The van der Waals surface area contributed by atoms with Crippen LogP contribution in [0.4, 0.5) is 5.13 Å². The Labute approximate surface area is 122 Å². The zero-order valence-corrected chi connectivity index (χ0v) is 12.9. The van der Waals surface area contributed by atoms with Gasteiger partial charge in [0.25, 0.3) is 0 Å². The second-order valence-corrected chi connectivity index (χ2v) is 8.86. The molecule has 1 unspecified atom stereocenters. The summed E-state index contributed by atoms with van der Waals surface area (Å²) >= 11 is 1.47. The molecule has 3 N–H and O–H groups in total. The predicted octanol–water partition coefficient (Wildman–Crippen LogP) is 1.55. The van der Waals surface area contributed by atoms with Gasteiger partial charge < -0.3 is 11.1 Å². The molecule has 108 valence electrons. The molecule has 0 aliphatic carbocycles. The number of nitrogen functional groups attached to an aromatic ring is 1. The van der Waals surface area contributed by atoms with Crippen molar-refractivity contribution in [3.05, 3.63) is 23.8 Å². The van der Waals surface area contributed by atoms with Crippen LogP contribution in [-0.2, 0) is 16.4 Å². The van der Waals surface area contributed by atoms with Crippen molar-refractivity contribution in [2.45, 2.75) is 25.4 Å². The molecule has 0 bridgehead atoms. The van der Waals surface area contributed by atoms with Gasteiger partial charge in [0.05, 0.1) is 21.7 Å². The van der Waals surface area contributed by atoms with Gasteiger partial charge in [-0.05, 0) is 31.0 Å². The van der Waals surface area contributed by atoms with Gasteiger partial charge in [0.15, 0.2) is 15.0 Å². The van der Waals surface area contributed by atoms with Crippen LogP contribution in [0.3, 0.4) is 0 Å². The lowest BCUT2D eigenvalue weighted by atomic mass is 10.0. The van der Waals surface area contributed by atoms with Crippen LogP contribution in [0.2, 0.25) is 0 Å². The van der Waals surface area contributed by atoms with Gasteiger partial charge in [0.2, 0.25) is 0 Å². The highest BCUT2D eigenvalue weighted by molar-refractivity contribution is 7.91. The lowest BCUT2D eigenvalue weighted by molar-refractivity contribution is 0.395. The van der Waals surface area contributed by atoms with Gasteiger partial charge in [-0.25, -0.2) is 13.4 Å². The summed E-state index contributed by atoms with van der Waals surface area (Å²) < 4.78 is 24.2. The van der Waals surface area contributed by atoms with Gasteiger partial charge in [-0.3, -0.25) is 0 Å². The van der Waals surface area contributed by atoms with E-state index in [9.17, 15) is 8.42 Å². The van der Waals surface area contributed by atoms with Crippen LogP contribution in [0, 0.1) is 0 Å². The van der Waals surface area contributed by atoms with Crippen LogP contribution in [0.15, 0.2) is 18.2 Å². The van der Waals surface area contributed by atoms with Crippen molar-refractivity contribution in [2.24, 2.45) is 0 Å². The number of fused-ring (bicyclic) bond motifs is 1. The molecule has 7 heteroatoms. The molecule has 1 atom stereocenters. The van der Waals surface area contributed by atoms with Crippen LogP contribution >= 0.6 is 11.3 Å². The van der Waals surface area contributed by atoms with Crippen molar-refractivity contribution in [1.82, 2.24) is 10.3 Å². The first-order valence-electron chi connectivity index (χ1n) is 6.46. The molecule has 1 saturated heterocycles. The zero-order valence-electron chi connectivity index (χ0n) is 11.2. The van der Waals surface area contributed by atoms with Crippen molar-refractivity contribution in [3.63, 3.8) is 0 Å². The lowest BCUT2D eigenvalue weighted by Gasteiger charge is -2.24. The predicted molar refractivity (Wildman–Crippen MR) is 82.5 cm³/mol. The first-order valence-corrected chi connectivity index (χ1v) is 9.09. The number of nitrogens with zero attached hydrogens (tertiary/aromatic N) is 1. The molecule has 1 aromatic carbocycles. The number of aromatic nitrogens is 1. The molecular weight excluding hydrogens is 294 g/mol. The first-order chi connectivity index (χ1) is 9.35. The Hall–Kier alpha value is -1.18. The van der Waals surface area contributed by atoms with Gasteiger partial charge in [-0.15, -0.1) is 0 Å². The molecule has 5 nitrogen and oxygen atoms in total.